The van der Waals surface area contributed by atoms with Gasteiger partial charge >= 0.3 is 38.7 Å². The number of nitrogens with zero attached hydrogens (tertiary/aromatic N) is 4. The van der Waals surface area contributed by atoms with E-state index in [0.717, 1.165) is 16.8 Å². The Morgan fingerprint density at radius 3 is 2.24 bits per heavy atom. The fourth-order valence-electron chi connectivity index (χ4n) is 4.36. The van der Waals surface area contributed by atoms with E-state index in [1.807, 2.05) is 4.98 Å². The Hall–Kier alpha value is -2.55. The number of fused-ring (bicyclic) bond motifs is 1. The van der Waals surface area contributed by atoms with Gasteiger partial charge in [-0.1, -0.05) is 12.2 Å². The van der Waals surface area contributed by atoms with Crippen LogP contribution in [-0.2, 0) is 49.7 Å². The molecule has 46 heavy (non-hydrogen) atoms. The Bertz CT molecular complexity index is 1830. The van der Waals surface area contributed by atoms with Crippen LogP contribution in [0.4, 0.5) is 0 Å². The van der Waals surface area contributed by atoms with Crippen LogP contribution in [0.25, 0.3) is 11.2 Å². The first kappa shape index (κ1) is 34.8. The molecule has 0 spiro atoms. The van der Waals surface area contributed by atoms with Crippen LogP contribution in [0.15, 0.2) is 34.5 Å². The molecule has 246 valence electrons. The molecular formula is C19H22N6O16P4S+4. The Morgan fingerprint density at radius 1 is 0.913 bits per heavy atom. The Kier molecular flexibility index (Phi) is 11.4. The van der Waals surface area contributed by atoms with Crippen LogP contribution in [-0.4, -0.2) is 88.1 Å². The van der Waals surface area contributed by atoms with E-state index in [1.54, 1.807) is 4.57 Å². The number of hydrogen-bond donors (Lipinski definition) is 5. The molecule has 11 atom stereocenters. The number of aliphatic hydroxyl groups is 3. The molecule has 4 unspecified atom stereocenters. The van der Waals surface area contributed by atoms with E-state index in [1.165, 1.54) is 12.7 Å². The summed E-state index contributed by atoms with van der Waals surface area (Å²) in [6.07, 6.45) is -4.85. The molecule has 27 heteroatoms. The first-order valence-electron chi connectivity index (χ1n) is 12.7. The predicted molar refractivity (Wildman–Crippen MR) is 150 cm³/mol. The second kappa shape index (κ2) is 15.1. The van der Waals surface area contributed by atoms with Gasteiger partial charge in [0.05, 0.1) is 18.8 Å². The molecule has 0 aromatic carbocycles. The van der Waals surface area contributed by atoms with E-state index in [0.29, 0.717) is 11.2 Å². The quantitative estimate of drug-likeness (QED) is 0.114. The third-order valence-corrected chi connectivity index (χ3v) is 10.7. The summed E-state index contributed by atoms with van der Waals surface area (Å²) in [6, 6.07) is 0.982. The molecule has 2 aliphatic rings. The average molecular weight is 746 g/mol. The van der Waals surface area contributed by atoms with Crippen molar-refractivity contribution in [1.82, 2.24) is 29.1 Å². The van der Waals surface area contributed by atoms with Crippen molar-refractivity contribution in [3.05, 3.63) is 50.4 Å². The number of aliphatic hydroxyl groups excluding tert-OH is 3. The third-order valence-electron chi connectivity index (χ3n) is 6.44. The lowest BCUT2D eigenvalue weighted by Gasteiger charge is -2.16. The van der Waals surface area contributed by atoms with Crippen LogP contribution in [0.1, 0.15) is 18.9 Å². The third kappa shape index (κ3) is 8.11. The molecule has 3 aromatic heterocycles. The van der Waals surface area contributed by atoms with Crippen LogP contribution in [0.2, 0.25) is 0 Å². The summed E-state index contributed by atoms with van der Waals surface area (Å²) in [4.78, 5) is 36.1. The fourth-order valence-corrected chi connectivity index (χ4v) is 7.56. The van der Waals surface area contributed by atoms with Crippen molar-refractivity contribution in [2.45, 2.75) is 49.4 Å². The fraction of sp³-hybridized carbons (Fsp3) is 0.526. The zero-order chi connectivity index (χ0) is 33.1. The van der Waals surface area contributed by atoms with Gasteiger partial charge in [0.1, 0.15) is 55.0 Å². The van der Waals surface area contributed by atoms with Crippen molar-refractivity contribution < 1.29 is 65.0 Å². The van der Waals surface area contributed by atoms with Crippen molar-refractivity contribution in [2.75, 3.05) is 13.2 Å². The normalized spacial score (nSPS) is 27.6. The van der Waals surface area contributed by atoms with Gasteiger partial charge < -0.3 is 29.8 Å². The zero-order valence-electron chi connectivity index (χ0n) is 22.6. The van der Waals surface area contributed by atoms with Gasteiger partial charge in [0.2, 0.25) is 0 Å². The van der Waals surface area contributed by atoms with E-state index in [4.69, 9.17) is 30.7 Å². The molecule has 22 nitrogen and oxygen atoms in total. The van der Waals surface area contributed by atoms with E-state index in [-0.39, 0.29) is 11.1 Å². The lowest BCUT2D eigenvalue weighted by Crippen LogP contribution is -2.37. The van der Waals surface area contributed by atoms with Gasteiger partial charge in [-0.2, -0.15) is 0 Å². The van der Waals surface area contributed by atoms with Gasteiger partial charge in [0.25, 0.3) is 5.56 Å². The van der Waals surface area contributed by atoms with Crippen molar-refractivity contribution in [3.63, 3.8) is 0 Å². The summed E-state index contributed by atoms with van der Waals surface area (Å²) in [5, 5.41) is 30.7. The van der Waals surface area contributed by atoms with Crippen molar-refractivity contribution in [3.8, 4) is 0 Å². The molecule has 3 aromatic rings. The van der Waals surface area contributed by atoms with Crippen LogP contribution in [0.3, 0.4) is 0 Å². The highest BCUT2D eigenvalue weighted by Crippen LogP contribution is 2.51. The number of rotatable bonds is 14. The van der Waals surface area contributed by atoms with E-state index in [9.17, 15) is 43.2 Å². The number of ether oxygens (including phenoxy) is 2. The highest BCUT2D eigenvalue weighted by atomic mass is 32.1. The van der Waals surface area contributed by atoms with E-state index in [2.05, 4.69) is 27.9 Å². The molecule has 5 rings (SSSR count). The Morgan fingerprint density at radius 2 is 1.57 bits per heavy atom. The summed E-state index contributed by atoms with van der Waals surface area (Å²) < 4.78 is 84.6. The maximum absolute atomic E-state index is 12.1. The van der Waals surface area contributed by atoms with E-state index >= 15 is 0 Å². The summed E-state index contributed by atoms with van der Waals surface area (Å²) in [6.45, 7) is -1.17. The molecule has 2 aliphatic heterocycles. The SMILES string of the molecule is O=c1ccn([C@@H]2O[C@H](CO[P+](=O)O[P+](=O)O[P+](=O)O[P+](=O)OC[C@@H]3O[C@H](n4cnc5c(=S)nc[nH]c54)C[C@H]3O)[C@@H](O)[C@H]2O)c(=O)[nH]1. The number of hydrogen-bond acceptors (Lipinski definition) is 19. The smallest absolute Gasteiger partial charge is 0.390 e. The molecule has 2 fully saturated rings. The van der Waals surface area contributed by atoms with Gasteiger partial charge in [-0.3, -0.25) is 18.9 Å². The molecule has 0 saturated carbocycles. The van der Waals surface area contributed by atoms with Crippen molar-refractivity contribution in [2.24, 2.45) is 0 Å². The Labute approximate surface area is 263 Å². The molecule has 5 N–H and O–H groups in total. The maximum Gasteiger partial charge on any atom is 0.798 e. The minimum absolute atomic E-state index is 0.109. The predicted octanol–water partition coefficient (Wildman–Crippen LogP) is 1.02. The summed E-state index contributed by atoms with van der Waals surface area (Å²) in [5.74, 6) is 0. The number of imidazole rings is 1. The lowest BCUT2D eigenvalue weighted by atomic mass is 10.1. The van der Waals surface area contributed by atoms with Crippen molar-refractivity contribution >= 4 is 56.4 Å². The average Bonchev–Trinajstić information content (AvgIpc) is 3.67. The summed E-state index contributed by atoms with van der Waals surface area (Å²) in [7, 11) is -13.2. The van der Waals surface area contributed by atoms with Gasteiger partial charge in [-0.05, 0) is 0 Å². The van der Waals surface area contributed by atoms with Crippen LogP contribution in [0.5, 0.6) is 0 Å². The van der Waals surface area contributed by atoms with Crippen LogP contribution in [0, 0.1) is 4.64 Å². The molecule has 0 amide bonds. The van der Waals surface area contributed by atoms with E-state index < -0.39 is 100 Å². The van der Waals surface area contributed by atoms with Gasteiger partial charge in [-0.15, -0.1) is 9.05 Å². The van der Waals surface area contributed by atoms with Crippen molar-refractivity contribution in [1.29, 1.82) is 0 Å². The van der Waals surface area contributed by atoms with Crippen LogP contribution < -0.4 is 11.2 Å². The summed E-state index contributed by atoms with van der Waals surface area (Å²) >= 11 is 5.12. The minimum Gasteiger partial charge on any atom is -0.390 e. The molecule has 2 saturated heterocycles. The number of nitrogens with one attached hydrogen (secondary N) is 2. The zero-order valence-corrected chi connectivity index (χ0v) is 27.0. The first-order chi connectivity index (χ1) is 21.9. The number of aromatic amines is 2. The molecular weight excluding hydrogens is 724 g/mol. The molecule has 5 heterocycles. The van der Waals surface area contributed by atoms with Crippen LogP contribution >= 0.6 is 45.2 Å². The number of aromatic nitrogens is 6. The standard InChI is InChI=1S/C19H20N6O16P4S/c26-8-3-12(25-7-22-13-16(25)20-6-21-17(13)46)37-9(8)4-35-42(31)39-44(33)41-45(34)40-43(32)36-5-10-14(28)15(29)18(38-10)24-2-1-11(27)23-19(24)30/h1-2,6-10,12,14-15,18,26,28-29H,3-5H2/q+2/p+2/t8-,9+,10-,12+,14-,15-,18-/m1/s1. The first-order valence-corrected chi connectivity index (χ1v) is 17.5. The maximum atomic E-state index is 12.1. The number of H-pyrrole nitrogens is 2. The molecule has 0 aliphatic carbocycles. The highest BCUT2D eigenvalue weighted by Gasteiger charge is 2.56. The van der Waals surface area contributed by atoms with Gasteiger partial charge in [0, 0.05) is 36.9 Å². The molecule has 0 radical (unpaired) electrons. The lowest BCUT2D eigenvalue weighted by molar-refractivity contribution is -0.0516. The van der Waals surface area contributed by atoms with Gasteiger partial charge in [0.15, 0.2) is 23.8 Å². The molecule has 0 bridgehead atoms. The monoisotopic (exact) mass is 746 g/mol. The second-order valence-corrected chi connectivity index (χ2v) is 13.9. The highest BCUT2D eigenvalue weighted by molar-refractivity contribution is 7.71. The largest absolute Gasteiger partial charge is 0.798 e. The Balaban J connectivity index is 1.02. The minimum atomic E-state index is -3.43. The topological polar surface area (TPSA) is 295 Å². The van der Waals surface area contributed by atoms with Gasteiger partial charge in [-0.25, -0.2) is 14.8 Å². The summed E-state index contributed by atoms with van der Waals surface area (Å²) in [5.41, 5.74) is -0.710. The second-order valence-electron chi connectivity index (χ2n) is 9.28.